The number of aromatic nitrogens is 1. The normalized spacial score (nSPS) is 17.7. The van der Waals surface area contributed by atoms with E-state index in [2.05, 4.69) is 15.4 Å². The zero-order chi connectivity index (χ0) is 19.7. The standard InChI is InChI=1S/C19H15Cl2N5S2/c20-13-5-1-11(2-6-13)15-10-28-19(23-15)24-17-9-16(26(25-17)18(22)27)12-3-7-14(21)8-4-12/h1-8,10,16H,9H2,(H2,22,27)(H,23,24,25)/t16-/m1/s1. The minimum Gasteiger partial charge on any atom is -0.375 e. The summed E-state index contributed by atoms with van der Waals surface area (Å²) in [5, 5.41) is 6.01. The molecule has 2 aromatic carbocycles. The molecule has 0 spiro atoms. The van der Waals surface area contributed by atoms with Crippen molar-refractivity contribution in [3.63, 3.8) is 0 Å². The smallest absolute Gasteiger partial charge is 0.211 e. The van der Waals surface area contributed by atoms with Gasteiger partial charge in [0.1, 0.15) is 5.84 Å². The van der Waals surface area contributed by atoms with Crippen molar-refractivity contribution < 1.29 is 0 Å². The van der Waals surface area contributed by atoms with Gasteiger partial charge in [0.05, 0.1) is 11.7 Å². The molecule has 1 aliphatic heterocycles. The van der Waals surface area contributed by atoms with Crippen LogP contribution in [0.2, 0.25) is 10.0 Å². The minimum absolute atomic E-state index is 0.0517. The number of hydrazine groups is 1. The van der Waals surface area contributed by atoms with Gasteiger partial charge in [-0.2, -0.15) is 0 Å². The molecule has 1 aliphatic rings. The van der Waals surface area contributed by atoms with Crippen molar-refractivity contribution in [2.45, 2.75) is 12.5 Å². The number of nitrogens with zero attached hydrogens (tertiary/aromatic N) is 3. The molecule has 28 heavy (non-hydrogen) atoms. The predicted octanol–water partition coefficient (Wildman–Crippen LogP) is 5.34. The molecule has 9 heteroatoms. The van der Waals surface area contributed by atoms with E-state index in [9.17, 15) is 0 Å². The molecule has 0 bridgehead atoms. The fraction of sp³-hybridized carbons (Fsp3) is 0.105. The van der Waals surface area contributed by atoms with Crippen LogP contribution in [0.15, 0.2) is 58.9 Å². The quantitative estimate of drug-likeness (QED) is 0.530. The number of nitrogens with one attached hydrogen (secondary N) is 1. The summed E-state index contributed by atoms with van der Waals surface area (Å²) in [5.41, 5.74) is 12.0. The Morgan fingerprint density at radius 1 is 1.14 bits per heavy atom. The topological polar surface area (TPSA) is 66.5 Å². The number of hydrogen-bond acceptors (Lipinski definition) is 4. The van der Waals surface area contributed by atoms with Gasteiger partial charge in [-0.25, -0.2) is 9.98 Å². The van der Waals surface area contributed by atoms with Crippen molar-refractivity contribution in [1.82, 2.24) is 15.4 Å². The Hall–Kier alpha value is -2.19. The first-order valence-electron chi connectivity index (χ1n) is 8.39. The Kier molecular flexibility index (Phi) is 5.50. The third-order valence-corrected chi connectivity index (χ3v) is 5.74. The number of halogens is 2. The van der Waals surface area contributed by atoms with Crippen molar-refractivity contribution in [3.05, 3.63) is 69.5 Å². The van der Waals surface area contributed by atoms with Gasteiger partial charge in [0, 0.05) is 27.4 Å². The van der Waals surface area contributed by atoms with E-state index < -0.39 is 0 Å². The maximum Gasteiger partial charge on any atom is 0.211 e. The highest BCUT2D eigenvalue weighted by Crippen LogP contribution is 2.32. The highest BCUT2D eigenvalue weighted by molar-refractivity contribution is 7.80. The number of hydrogen-bond donors (Lipinski definition) is 2. The van der Waals surface area contributed by atoms with Gasteiger partial charge in [0.15, 0.2) is 5.11 Å². The van der Waals surface area contributed by atoms with Gasteiger partial charge in [0.25, 0.3) is 0 Å². The predicted molar refractivity (Wildman–Crippen MR) is 120 cm³/mol. The summed E-state index contributed by atoms with van der Waals surface area (Å²) in [5.74, 6) is 0.754. The molecule has 3 N–H and O–H groups in total. The highest BCUT2D eigenvalue weighted by atomic mass is 35.5. The molecule has 1 fully saturated rings. The molecule has 0 unspecified atom stereocenters. The number of benzene rings is 2. The van der Waals surface area contributed by atoms with Gasteiger partial charge < -0.3 is 5.73 Å². The molecule has 0 radical (unpaired) electrons. The van der Waals surface area contributed by atoms with Crippen molar-refractivity contribution in [1.29, 1.82) is 0 Å². The first-order chi connectivity index (χ1) is 13.5. The molecule has 1 aromatic heterocycles. The van der Waals surface area contributed by atoms with Crippen LogP contribution in [-0.2, 0) is 0 Å². The van der Waals surface area contributed by atoms with Crippen LogP contribution in [0, 0.1) is 0 Å². The fourth-order valence-electron chi connectivity index (χ4n) is 2.95. The summed E-state index contributed by atoms with van der Waals surface area (Å²) in [6.45, 7) is 0. The van der Waals surface area contributed by atoms with Gasteiger partial charge in [-0.05, 0) is 42.0 Å². The first kappa shape index (κ1) is 19.1. The van der Waals surface area contributed by atoms with Crippen LogP contribution in [0.3, 0.4) is 0 Å². The SMILES string of the molecule is NC(=S)N1NC(=Nc2nc(-c3ccc(Cl)cc3)cs2)C[C@@H]1c1ccc(Cl)cc1. The third kappa shape index (κ3) is 4.12. The average Bonchev–Trinajstić information content (AvgIpc) is 3.31. The van der Waals surface area contributed by atoms with Crippen LogP contribution in [0.4, 0.5) is 5.13 Å². The summed E-state index contributed by atoms with van der Waals surface area (Å²) in [6, 6.07) is 15.1. The van der Waals surface area contributed by atoms with E-state index in [4.69, 9.17) is 41.2 Å². The second kappa shape index (κ2) is 8.05. The van der Waals surface area contributed by atoms with Crippen molar-refractivity contribution >= 4 is 62.8 Å². The summed E-state index contributed by atoms with van der Waals surface area (Å²) >= 11 is 18.6. The van der Waals surface area contributed by atoms with Crippen LogP contribution in [0.25, 0.3) is 11.3 Å². The molecule has 1 atom stereocenters. The second-order valence-electron chi connectivity index (χ2n) is 6.17. The summed E-state index contributed by atoms with van der Waals surface area (Å²) in [7, 11) is 0. The zero-order valence-electron chi connectivity index (χ0n) is 14.5. The monoisotopic (exact) mass is 447 g/mol. The number of nitrogens with two attached hydrogens (primary N) is 1. The van der Waals surface area contributed by atoms with E-state index in [1.807, 2.05) is 53.9 Å². The Bertz CT molecular complexity index is 1030. The van der Waals surface area contributed by atoms with Crippen LogP contribution in [0.1, 0.15) is 18.0 Å². The molecule has 0 aliphatic carbocycles. The highest BCUT2D eigenvalue weighted by Gasteiger charge is 2.31. The Labute approximate surface area is 181 Å². The molecule has 5 nitrogen and oxygen atoms in total. The van der Waals surface area contributed by atoms with Gasteiger partial charge in [0.2, 0.25) is 5.13 Å². The molecular formula is C19H15Cl2N5S2. The fourth-order valence-corrected chi connectivity index (χ4v) is 4.10. The van der Waals surface area contributed by atoms with Crippen molar-refractivity contribution in [2.75, 3.05) is 0 Å². The van der Waals surface area contributed by atoms with Crippen LogP contribution >= 0.6 is 46.8 Å². The number of aliphatic imine (C=N–C) groups is 1. The maximum atomic E-state index is 6.00. The van der Waals surface area contributed by atoms with Crippen LogP contribution in [-0.4, -0.2) is 20.9 Å². The summed E-state index contributed by atoms with van der Waals surface area (Å²) < 4.78 is 0. The number of amidine groups is 1. The lowest BCUT2D eigenvalue weighted by Crippen LogP contribution is -2.43. The van der Waals surface area contributed by atoms with E-state index in [0.717, 1.165) is 22.7 Å². The molecule has 1 saturated heterocycles. The number of rotatable bonds is 3. The van der Waals surface area contributed by atoms with Gasteiger partial charge in [-0.1, -0.05) is 47.5 Å². The van der Waals surface area contributed by atoms with Gasteiger partial charge in [-0.15, -0.1) is 11.3 Å². The third-order valence-electron chi connectivity index (χ3n) is 4.30. The molecule has 3 aromatic rings. The van der Waals surface area contributed by atoms with Crippen LogP contribution < -0.4 is 11.2 Å². The molecule has 142 valence electrons. The zero-order valence-corrected chi connectivity index (χ0v) is 17.6. The summed E-state index contributed by atoms with van der Waals surface area (Å²) in [4.78, 5) is 9.25. The molecule has 0 amide bonds. The second-order valence-corrected chi connectivity index (χ2v) is 8.30. The number of thiazole rings is 1. The van der Waals surface area contributed by atoms with E-state index in [-0.39, 0.29) is 11.2 Å². The van der Waals surface area contributed by atoms with Gasteiger partial charge in [-0.3, -0.25) is 10.4 Å². The van der Waals surface area contributed by atoms with E-state index in [1.54, 1.807) is 5.01 Å². The van der Waals surface area contributed by atoms with E-state index in [1.165, 1.54) is 11.3 Å². The van der Waals surface area contributed by atoms with E-state index >= 15 is 0 Å². The molecule has 4 rings (SSSR count). The van der Waals surface area contributed by atoms with Crippen molar-refractivity contribution in [3.8, 4) is 11.3 Å². The Morgan fingerprint density at radius 2 is 1.79 bits per heavy atom. The van der Waals surface area contributed by atoms with Gasteiger partial charge >= 0.3 is 0 Å². The molecule has 0 saturated carbocycles. The summed E-state index contributed by atoms with van der Waals surface area (Å²) in [6.07, 6.45) is 0.634. The lowest BCUT2D eigenvalue weighted by atomic mass is 10.0. The maximum absolute atomic E-state index is 6.00. The lowest BCUT2D eigenvalue weighted by Gasteiger charge is -2.23. The average molecular weight is 448 g/mol. The van der Waals surface area contributed by atoms with Crippen LogP contribution in [0.5, 0.6) is 0 Å². The Morgan fingerprint density at radius 3 is 2.43 bits per heavy atom. The van der Waals surface area contributed by atoms with Crippen molar-refractivity contribution in [2.24, 2.45) is 10.7 Å². The largest absolute Gasteiger partial charge is 0.375 e. The molecule has 2 heterocycles. The number of thiocarbonyl (C=S) groups is 1. The molecular weight excluding hydrogens is 433 g/mol. The Balaban J connectivity index is 1.57. The van der Waals surface area contributed by atoms with E-state index in [0.29, 0.717) is 21.6 Å². The minimum atomic E-state index is -0.0517. The lowest BCUT2D eigenvalue weighted by molar-refractivity contribution is 0.333. The first-order valence-corrected chi connectivity index (χ1v) is 10.4.